The van der Waals surface area contributed by atoms with Gasteiger partial charge in [-0.15, -0.1) is 0 Å². The lowest BCUT2D eigenvalue weighted by Gasteiger charge is -2.19. The first-order valence-electron chi connectivity index (χ1n) is 4.57. The maximum absolute atomic E-state index is 12.5. The number of anilines is 1. The second kappa shape index (κ2) is 4.37. The van der Waals surface area contributed by atoms with Gasteiger partial charge in [-0.25, -0.2) is 8.78 Å². The Bertz CT molecular complexity index is 425. The van der Waals surface area contributed by atoms with E-state index in [9.17, 15) is 13.6 Å². The summed E-state index contributed by atoms with van der Waals surface area (Å²) in [6.45, 7) is -0.0427. The molecule has 1 atom stereocenters. The van der Waals surface area contributed by atoms with Crippen molar-refractivity contribution in [2.24, 2.45) is 0 Å². The number of rotatable bonds is 2. The van der Waals surface area contributed by atoms with E-state index in [1.165, 1.54) is 6.07 Å². The van der Waals surface area contributed by atoms with Gasteiger partial charge >= 0.3 is 0 Å². The molecule has 86 valence electrons. The van der Waals surface area contributed by atoms with Gasteiger partial charge < -0.3 is 10.1 Å². The van der Waals surface area contributed by atoms with Crippen LogP contribution in [0.1, 0.15) is 10.4 Å². The molecule has 1 unspecified atom stereocenters. The van der Waals surface area contributed by atoms with Gasteiger partial charge in [-0.05, 0) is 17.7 Å². The fraction of sp³-hybridized carbons (Fsp3) is 0.300. The van der Waals surface area contributed by atoms with Gasteiger partial charge in [0, 0.05) is 0 Å². The van der Waals surface area contributed by atoms with Crippen LogP contribution in [-0.2, 0) is 4.79 Å². The highest BCUT2D eigenvalue weighted by Gasteiger charge is 2.22. The minimum Gasteiger partial charge on any atom is -0.482 e. The molecule has 2 rings (SSSR count). The van der Waals surface area contributed by atoms with Crippen molar-refractivity contribution in [1.29, 1.82) is 0 Å². The molecule has 1 aromatic rings. The molecular formula is C10H8BrF2NO2. The quantitative estimate of drug-likeness (QED) is 0.851. The Hall–Kier alpha value is -1.17. The molecule has 0 aromatic heterocycles. The van der Waals surface area contributed by atoms with Crippen LogP contribution in [0.2, 0.25) is 0 Å². The monoisotopic (exact) mass is 291 g/mol. The molecule has 1 amide bonds. The minimum atomic E-state index is -2.50. The lowest BCUT2D eigenvalue weighted by atomic mass is 10.1. The molecule has 0 fully saturated rings. The third-order valence-electron chi connectivity index (χ3n) is 2.18. The van der Waals surface area contributed by atoms with Crippen LogP contribution in [0, 0.1) is 0 Å². The van der Waals surface area contributed by atoms with Crippen molar-refractivity contribution in [3.05, 3.63) is 23.8 Å². The zero-order valence-corrected chi connectivity index (χ0v) is 9.63. The second-order valence-corrected chi connectivity index (χ2v) is 4.32. The molecule has 0 spiro atoms. The average Bonchev–Trinajstić information content (AvgIpc) is 2.26. The Morgan fingerprint density at radius 3 is 2.88 bits per heavy atom. The average molecular weight is 292 g/mol. The molecule has 1 aromatic carbocycles. The third kappa shape index (κ3) is 2.16. The van der Waals surface area contributed by atoms with E-state index in [0.717, 1.165) is 0 Å². The Balaban J connectivity index is 2.31. The summed E-state index contributed by atoms with van der Waals surface area (Å²) in [5.74, 6) is 0.213. The van der Waals surface area contributed by atoms with Crippen molar-refractivity contribution < 1.29 is 18.3 Å². The number of hydrogen-bond acceptors (Lipinski definition) is 2. The SMILES string of the molecule is O=C1COc2ccc(C(Br)C(F)F)cc2N1. The maximum Gasteiger partial charge on any atom is 0.262 e. The second-order valence-electron chi connectivity index (χ2n) is 3.33. The molecule has 1 aliphatic heterocycles. The first-order valence-corrected chi connectivity index (χ1v) is 5.48. The predicted octanol–water partition coefficient (Wildman–Crippen LogP) is 2.72. The summed E-state index contributed by atoms with van der Waals surface area (Å²) in [7, 11) is 0. The smallest absolute Gasteiger partial charge is 0.262 e. The number of amides is 1. The van der Waals surface area contributed by atoms with E-state index >= 15 is 0 Å². The maximum atomic E-state index is 12.5. The van der Waals surface area contributed by atoms with Crippen LogP contribution in [0.5, 0.6) is 5.75 Å². The Morgan fingerprint density at radius 1 is 1.44 bits per heavy atom. The number of alkyl halides is 3. The molecule has 3 nitrogen and oxygen atoms in total. The lowest BCUT2D eigenvalue weighted by molar-refractivity contribution is -0.118. The first kappa shape index (κ1) is 11.3. The van der Waals surface area contributed by atoms with Crippen molar-refractivity contribution >= 4 is 27.5 Å². The van der Waals surface area contributed by atoms with Crippen molar-refractivity contribution in [3.8, 4) is 5.75 Å². The number of halogens is 3. The van der Waals surface area contributed by atoms with Crippen LogP contribution in [0.15, 0.2) is 18.2 Å². The molecule has 0 saturated heterocycles. The summed E-state index contributed by atoms with van der Waals surface area (Å²) in [6.07, 6.45) is -2.50. The van der Waals surface area contributed by atoms with Gasteiger partial charge in [0.1, 0.15) is 10.6 Å². The van der Waals surface area contributed by atoms with Gasteiger partial charge in [0.2, 0.25) is 0 Å². The van der Waals surface area contributed by atoms with Crippen molar-refractivity contribution in [2.75, 3.05) is 11.9 Å². The fourth-order valence-corrected chi connectivity index (χ4v) is 1.70. The summed E-state index contributed by atoms with van der Waals surface area (Å²) in [5.41, 5.74) is 0.832. The Labute approximate surface area is 98.9 Å². The highest BCUT2D eigenvalue weighted by Crippen LogP contribution is 2.35. The van der Waals surface area contributed by atoms with Gasteiger partial charge in [0.05, 0.1) is 5.69 Å². The minimum absolute atomic E-state index is 0.0427. The summed E-state index contributed by atoms with van der Waals surface area (Å²) >= 11 is 2.89. The summed E-state index contributed by atoms with van der Waals surface area (Å²) in [5, 5.41) is 2.56. The topological polar surface area (TPSA) is 38.3 Å². The van der Waals surface area contributed by atoms with Gasteiger partial charge in [-0.2, -0.15) is 0 Å². The van der Waals surface area contributed by atoms with E-state index in [1.54, 1.807) is 12.1 Å². The molecular weight excluding hydrogens is 284 g/mol. The lowest BCUT2D eigenvalue weighted by Crippen LogP contribution is -2.25. The predicted molar refractivity (Wildman–Crippen MR) is 58.2 cm³/mol. The van der Waals surface area contributed by atoms with Crippen LogP contribution in [0.4, 0.5) is 14.5 Å². The normalized spacial score (nSPS) is 16.4. The number of carbonyl (C=O) groups is 1. The van der Waals surface area contributed by atoms with Crippen LogP contribution < -0.4 is 10.1 Å². The number of benzene rings is 1. The van der Waals surface area contributed by atoms with Crippen LogP contribution in [0.25, 0.3) is 0 Å². The molecule has 0 radical (unpaired) electrons. The summed E-state index contributed by atoms with van der Waals surface area (Å²) in [4.78, 5) is 10.0. The Morgan fingerprint density at radius 2 is 2.19 bits per heavy atom. The first-order chi connectivity index (χ1) is 7.58. The zero-order valence-electron chi connectivity index (χ0n) is 8.04. The highest BCUT2D eigenvalue weighted by atomic mass is 79.9. The molecule has 1 N–H and O–H groups in total. The molecule has 1 aliphatic rings. The van der Waals surface area contributed by atoms with Crippen LogP contribution in [-0.4, -0.2) is 18.9 Å². The van der Waals surface area contributed by atoms with E-state index in [-0.39, 0.29) is 12.5 Å². The van der Waals surface area contributed by atoms with Crippen molar-refractivity contribution in [1.82, 2.24) is 0 Å². The van der Waals surface area contributed by atoms with Crippen molar-refractivity contribution in [2.45, 2.75) is 11.3 Å². The number of carbonyl (C=O) groups excluding carboxylic acids is 1. The largest absolute Gasteiger partial charge is 0.482 e. The van der Waals surface area contributed by atoms with Gasteiger partial charge in [0.25, 0.3) is 12.3 Å². The number of ether oxygens (including phenoxy) is 1. The molecule has 6 heteroatoms. The van der Waals surface area contributed by atoms with Crippen LogP contribution >= 0.6 is 15.9 Å². The van der Waals surface area contributed by atoms with Crippen LogP contribution in [0.3, 0.4) is 0 Å². The van der Waals surface area contributed by atoms with E-state index < -0.39 is 11.3 Å². The summed E-state index contributed by atoms with van der Waals surface area (Å²) < 4.78 is 30.0. The number of hydrogen-bond donors (Lipinski definition) is 1. The summed E-state index contributed by atoms with van der Waals surface area (Å²) in [6, 6.07) is 4.60. The Kier molecular flexibility index (Phi) is 3.09. The molecule has 1 heterocycles. The molecule has 0 saturated carbocycles. The standard InChI is InChI=1S/C10H8BrF2NO2/c11-9(10(12)13)5-1-2-7-6(3-5)14-8(15)4-16-7/h1-3,9-10H,4H2,(H,14,15). The molecule has 0 bridgehead atoms. The third-order valence-corrected chi connectivity index (χ3v) is 3.10. The van der Waals surface area contributed by atoms with Gasteiger partial charge in [0.15, 0.2) is 6.61 Å². The van der Waals surface area contributed by atoms with Gasteiger partial charge in [-0.3, -0.25) is 4.79 Å². The molecule has 0 aliphatic carbocycles. The van der Waals surface area contributed by atoms with E-state index in [2.05, 4.69) is 21.2 Å². The number of fused-ring (bicyclic) bond motifs is 1. The van der Waals surface area contributed by atoms with E-state index in [1.807, 2.05) is 0 Å². The number of nitrogens with one attached hydrogen (secondary N) is 1. The van der Waals surface area contributed by atoms with Gasteiger partial charge in [-0.1, -0.05) is 22.0 Å². The van der Waals surface area contributed by atoms with E-state index in [0.29, 0.717) is 17.0 Å². The zero-order chi connectivity index (χ0) is 11.7. The highest BCUT2D eigenvalue weighted by molar-refractivity contribution is 9.09. The van der Waals surface area contributed by atoms with E-state index in [4.69, 9.17) is 4.74 Å². The fourth-order valence-electron chi connectivity index (χ4n) is 1.42. The molecule has 16 heavy (non-hydrogen) atoms. The van der Waals surface area contributed by atoms with Crippen molar-refractivity contribution in [3.63, 3.8) is 0 Å².